The molecule has 0 fully saturated rings. The minimum atomic E-state index is -0.409. The van der Waals surface area contributed by atoms with Gasteiger partial charge in [0.1, 0.15) is 12.3 Å². The maximum atomic E-state index is 13.4. The van der Waals surface area contributed by atoms with Crippen LogP contribution >= 0.6 is 0 Å². The lowest BCUT2D eigenvalue weighted by molar-refractivity contribution is -0.116. The van der Waals surface area contributed by atoms with Crippen LogP contribution in [0.4, 0.5) is 5.69 Å². The number of ether oxygens (including phenoxy) is 3. The Morgan fingerprint density at radius 1 is 0.973 bits per heavy atom. The van der Waals surface area contributed by atoms with Crippen molar-refractivity contribution in [3.8, 4) is 17.2 Å². The van der Waals surface area contributed by atoms with Gasteiger partial charge in [-0.25, -0.2) is 0 Å². The largest absolute Gasteiger partial charge is 0.494 e. The molecule has 2 heterocycles. The maximum Gasteiger partial charge on any atom is 0.244 e. The predicted octanol–water partition coefficient (Wildman–Crippen LogP) is 4.56. The van der Waals surface area contributed by atoms with Gasteiger partial charge in [0.15, 0.2) is 17.3 Å². The Bertz CT molecular complexity index is 1560. The number of anilines is 1. The molecular weight excluding hydrogens is 472 g/mol. The molecule has 188 valence electrons. The monoisotopic (exact) mass is 498 g/mol. The van der Waals surface area contributed by atoms with E-state index in [2.05, 4.69) is 5.32 Å². The summed E-state index contributed by atoms with van der Waals surface area (Å²) in [6.45, 7) is 4.33. The average molecular weight is 499 g/mol. The topological polar surface area (TPSA) is 95.9 Å². The predicted molar refractivity (Wildman–Crippen MR) is 140 cm³/mol. The third kappa shape index (κ3) is 4.91. The SMILES string of the molecule is CCOc1ccc2c(c1)c(=O)c(C(=O)c1ccc(CC)cc1)cn2CC(=O)Nc1ccc2c(c1)OCO2. The summed E-state index contributed by atoms with van der Waals surface area (Å²) < 4.78 is 17.9. The Labute approximate surface area is 213 Å². The Morgan fingerprint density at radius 2 is 1.76 bits per heavy atom. The third-order valence-electron chi connectivity index (χ3n) is 6.20. The molecule has 0 spiro atoms. The number of aryl methyl sites for hydroxylation is 1. The lowest BCUT2D eigenvalue weighted by Crippen LogP contribution is -2.24. The van der Waals surface area contributed by atoms with Crippen molar-refractivity contribution < 1.29 is 23.8 Å². The molecule has 0 radical (unpaired) electrons. The Hall–Kier alpha value is -4.59. The standard InChI is InChI=1S/C29H26N2O6/c1-3-18-5-7-19(8-6-18)28(33)23-15-31(24-11-10-21(35-4-2)14-22(24)29(23)34)16-27(32)30-20-9-12-25-26(13-20)37-17-36-25/h5-15H,3-4,16-17H2,1-2H3,(H,30,32). The van der Waals surface area contributed by atoms with E-state index >= 15 is 0 Å². The number of benzene rings is 3. The Morgan fingerprint density at radius 3 is 2.51 bits per heavy atom. The minimum Gasteiger partial charge on any atom is -0.494 e. The quantitative estimate of drug-likeness (QED) is 0.358. The lowest BCUT2D eigenvalue weighted by atomic mass is 10.0. The first-order valence-electron chi connectivity index (χ1n) is 12.1. The maximum absolute atomic E-state index is 13.4. The highest BCUT2D eigenvalue weighted by Gasteiger charge is 2.20. The summed E-state index contributed by atoms with van der Waals surface area (Å²) in [6.07, 6.45) is 2.30. The van der Waals surface area contributed by atoms with E-state index in [0.717, 1.165) is 12.0 Å². The Kier molecular flexibility index (Phi) is 6.64. The number of carbonyl (C=O) groups excluding carboxylic acids is 2. The van der Waals surface area contributed by atoms with Crippen LogP contribution in [0.5, 0.6) is 17.2 Å². The van der Waals surface area contributed by atoms with Gasteiger partial charge in [-0.15, -0.1) is 0 Å². The van der Waals surface area contributed by atoms with Crippen LogP contribution in [0.15, 0.2) is 71.7 Å². The number of nitrogens with one attached hydrogen (secondary N) is 1. The molecule has 1 aliphatic rings. The van der Waals surface area contributed by atoms with Crippen molar-refractivity contribution in [2.75, 3.05) is 18.7 Å². The van der Waals surface area contributed by atoms with E-state index in [9.17, 15) is 14.4 Å². The molecule has 0 atom stereocenters. The number of amides is 1. The van der Waals surface area contributed by atoms with Crippen molar-refractivity contribution in [1.29, 1.82) is 0 Å². The zero-order valence-electron chi connectivity index (χ0n) is 20.6. The first-order valence-corrected chi connectivity index (χ1v) is 12.1. The number of carbonyl (C=O) groups is 2. The molecule has 8 nitrogen and oxygen atoms in total. The van der Waals surface area contributed by atoms with Crippen molar-refractivity contribution in [2.24, 2.45) is 0 Å². The zero-order valence-corrected chi connectivity index (χ0v) is 20.6. The number of aromatic nitrogens is 1. The molecule has 1 amide bonds. The fourth-order valence-corrected chi connectivity index (χ4v) is 4.30. The fourth-order valence-electron chi connectivity index (χ4n) is 4.30. The van der Waals surface area contributed by atoms with Crippen molar-refractivity contribution in [1.82, 2.24) is 4.57 Å². The van der Waals surface area contributed by atoms with Gasteiger partial charge < -0.3 is 24.1 Å². The van der Waals surface area contributed by atoms with Gasteiger partial charge in [-0.1, -0.05) is 31.2 Å². The van der Waals surface area contributed by atoms with E-state index in [1.807, 2.05) is 26.0 Å². The molecule has 5 rings (SSSR count). The molecule has 0 bridgehead atoms. The van der Waals surface area contributed by atoms with Crippen LogP contribution in [0.2, 0.25) is 0 Å². The molecule has 1 aromatic heterocycles. The summed E-state index contributed by atoms with van der Waals surface area (Å²) in [5.74, 6) is 0.951. The zero-order chi connectivity index (χ0) is 25.9. The van der Waals surface area contributed by atoms with Gasteiger partial charge in [-0.3, -0.25) is 14.4 Å². The minimum absolute atomic E-state index is 0.0127. The van der Waals surface area contributed by atoms with Crippen LogP contribution in [0.1, 0.15) is 35.3 Å². The van der Waals surface area contributed by atoms with Crippen LogP contribution in [0.25, 0.3) is 10.9 Å². The van der Waals surface area contributed by atoms with E-state index < -0.39 is 11.2 Å². The van der Waals surface area contributed by atoms with Crippen LogP contribution in [0, 0.1) is 0 Å². The first-order chi connectivity index (χ1) is 18.0. The molecular formula is C29H26N2O6. The summed E-state index contributed by atoms with van der Waals surface area (Å²) >= 11 is 0. The number of rotatable bonds is 8. The highest BCUT2D eigenvalue weighted by Crippen LogP contribution is 2.34. The third-order valence-corrected chi connectivity index (χ3v) is 6.20. The second kappa shape index (κ2) is 10.2. The van der Waals surface area contributed by atoms with Gasteiger partial charge in [0.25, 0.3) is 0 Å². The van der Waals surface area contributed by atoms with Gasteiger partial charge in [0.2, 0.25) is 18.1 Å². The molecule has 37 heavy (non-hydrogen) atoms. The van der Waals surface area contributed by atoms with Crippen LogP contribution in [-0.2, 0) is 17.8 Å². The van der Waals surface area contributed by atoms with Gasteiger partial charge in [0, 0.05) is 23.5 Å². The highest BCUT2D eigenvalue weighted by atomic mass is 16.7. The number of ketones is 1. The second-order valence-electron chi connectivity index (χ2n) is 8.61. The van der Waals surface area contributed by atoms with Gasteiger partial charge in [0.05, 0.1) is 23.1 Å². The number of pyridine rings is 1. The molecule has 0 saturated heterocycles. The molecule has 1 N–H and O–H groups in total. The van der Waals surface area contributed by atoms with Crippen molar-refractivity contribution in [2.45, 2.75) is 26.8 Å². The van der Waals surface area contributed by atoms with E-state index in [4.69, 9.17) is 14.2 Å². The Balaban J connectivity index is 1.52. The molecule has 0 unspecified atom stereocenters. The van der Waals surface area contributed by atoms with E-state index in [-0.39, 0.29) is 24.8 Å². The number of fused-ring (bicyclic) bond motifs is 2. The van der Waals surface area contributed by atoms with E-state index in [1.165, 1.54) is 6.20 Å². The van der Waals surface area contributed by atoms with Crippen molar-refractivity contribution in [3.05, 3.63) is 93.8 Å². The van der Waals surface area contributed by atoms with Crippen LogP contribution < -0.4 is 25.0 Å². The van der Waals surface area contributed by atoms with Crippen molar-refractivity contribution in [3.63, 3.8) is 0 Å². The summed E-state index contributed by atoms with van der Waals surface area (Å²) in [4.78, 5) is 39.8. The van der Waals surface area contributed by atoms with Crippen LogP contribution in [-0.4, -0.2) is 29.7 Å². The molecule has 0 aliphatic carbocycles. The fraction of sp³-hybridized carbons (Fsp3) is 0.207. The van der Waals surface area contributed by atoms with Crippen molar-refractivity contribution >= 4 is 28.3 Å². The van der Waals surface area contributed by atoms with Crippen LogP contribution in [0.3, 0.4) is 0 Å². The molecule has 4 aromatic rings. The highest BCUT2D eigenvalue weighted by molar-refractivity contribution is 6.10. The normalized spacial score (nSPS) is 11.9. The first kappa shape index (κ1) is 24.1. The number of hydrogen-bond acceptors (Lipinski definition) is 6. The molecule has 8 heteroatoms. The lowest BCUT2D eigenvalue weighted by Gasteiger charge is -2.15. The second-order valence-corrected chi connectivity index (χ2v) is 8.61. The molecule has 1 aliphatic heterocycles. The van der Waals surface area contributed by atoms with Gasteiger partial charge in [-0.2, -0.15) is 0 Å². The van der Waals surface area contributed by atoms with E-state index in [0.29, 0.717) is 46.0 Å². The van der Waals surface area contributed by atoms with Gasteiger partial charge >= 0.3 is 0 Å². The molecule has 0 saturated carbocycles. The summed E-state index contributed by atoms with van der Waals surface area (Å²) in [5, 5.41) is 3.14. The smallest absolute Gasteiger partial charge is 0.244 e. The molecule has 3 aromatic carbocycles. The summed E-state index contributed by atoms with van der Waals surface area (Å²) in [6, 6.07) is 17.4. The summed E-state index contributed by atoms with van der Waals surface area (Å²) in [5.41, 5.74) is 2.15. The number of nitrogens with zero attached hydrogens (tertiary/aromatic N) is 1. The van der Waals surface area contributed by atoms with E-state index in [1.54, 1.807) is 53.1 Å². The van der Waals surface area contributed by atoms with Gasteiger partial charge in [-0.05, 0) is 49.2 Å². The average Bonchev–Trinajstić information content (AvgIpc) is 3.38. The number of hydrogen-bond donors (Lipinski definition) is 1. The summed E-state index contributed by atoms with van der Waals surface area (Å²) in [7, 11) is 0.